The van der Waals surface area contributed by atoms with E-state index in [1.807, 2.05) is 44.4 Å². The number of nitrogen functional groups attached to an aromatic ring is 1. The van der Waals surface area contributed by atoms with E-state index in [4.69, 9.17) is 5.73 Å². The Hall–Kier alpha value is -3.45. The third kappa shape index (κ3) is 5.28. The summed E-state index contributed by atoms with van der Waals surface area (Å²) in [5.74, 6) is 0.649. The maximum Gasteiger partial charge on any atom is 0.256 e. The number of anilines is 3. The number of aromatic nitrogens is 2. The van der Waals surface area contributed by atoms with Crippen LogP contribution in [0, 0.1) is 0 Å². The Morgan fingerprint density at radius 1 is 1.04 bits per heavy atom. The van der Waals surface area contributed by atoms with E-state index in [9.17, 15) is 4.79 Å². The largest absolute Gasteiger partial charge is 0.399 e. The second kappa shape index (κ2) is 8.96. The molecule has 4 N–H and O–H groups in total. The highest BCUT2D eigenvalue weighted by molar-refractivity contribution is 6.04. The zero-order valence-electron chi connectivity index (χ0n) is 16.0. The van der Waals surface area contributed by atoms with Gasteiger partial charge in [-0.2, -0.15) is 4.98 Å². The fourth-order valence-corrected chi connectivity index (χ4v) is 2.56. The Morgan fingerprint density at radius 3 is 2.43 bits per heavy atom. The molecule has 1 heterocycles. The molecule has 0 saturated carbocycles. The second-order valence-corrected chi connectivity index (χ2v) is 6.63. The van der Waals surface area contributed by atoms with Gasteiger partial charge in [-0.05, 0) is 38.4 Å². The van der Waals surface area contributed by atoms with E-state index in [2.05, 4.69) is 25.5 Å². The van der Waals surface area contributed by atoms with Crippen LogP contribution in [0.1, 0.15) is 10.4 Å². The van der Waals surface area contributed by atoms with Gasteiger partial charge in [0.05, 0.1) is 5.69 Å². The van der Waals surface area contributed by atoms with Crippen LogP contribution in [0.2, 0.25) is 0 Å². The molecule has 0 aliphatic rings. The van der Waals surface area contributed by atoms with Crippen LogP contribution in [0.25, 0.3) is 11.3 Å². The van der Waals surface area contributed by atoms with Gasteiger partial charge in [0, 0.05) is 36.0 Å². The molecule has 0 unspecified atom stereocenters. The van der Waals surface area contributed by atoms with Crippen LogP contribution in [0.4, 0.5) is 17.5 Å². The maximum atomic E-state index is 12.5. The molecule has 1 amide bonds. The molecule has 7 nitrogen and oxygen atoms in total. The van der Waals surface area contributed by atoms with Crippen molar-refractivity contribution < 1.29 is 4.79 Å². The van der Waals surface area contributed by atoms with Crippen molar-refractivity contribution in [2.24, 2.45) is 0 Å². The van der Waals surface area contributed by atoms with Crippen molar-refractivity contribution in [3.05, 3.63) is 66.2 Å². The van der Waals surface area contributed by atoms with Crippen LogP contribution in [-0.2, 0) is 0 Å². The maximum absolute atomic E-state index is 12.5. The van der Waals surface area contributed by atoms with Crippen molar-refractivity contribution in [3.63, 3.8) is 0 Å². The molecule has 28 heavy (non-hydrogen) atoms. The van der Waals surface area contributed by atoms with Gasteiger partial charge in [0.1, 0.15) is 5.82 Å². The number of nitrogens with one attached hydrogen (secondary N) is 2. The predicted molar refractivity (Wildman–Crippen MR) is 113 cm³/mol. The Balaban J connectivity index is 1.85. The molecular weight excluding hydrogens is 352 g/mol. The van der Waals surface area contributed by atoms with Crippen molar-refractivity contribution in [2.45, 2.75) is 0 Å². The van der Waals surface area contributed by atoms with E-state index < -0.39 is 0 Å². The minimum absolute atomic E-state index is 0.253. The minimum atomic E-state index is -0.253. The molecule has 0 saturated heterocycles. The van der Waals surface area contributed by atoms with Gasteiger partial charge in [-0.3, -0.25) is 4.79 Å². The minimum Gasteiger partial charge on any atom is -0.399 e. The van der Waals surface area contributed by atoms with Gasteiger partial charge in [-0.15, -0.1) is 0 Å². The fourth-order valence-electron chi connectivity index (χ4n) is 2.56. The van der Waals surface area contributed by atoms with Gasteiger partial charge in [0.15, 0.2) is 0 Å². The van der Waals surface area contributed by atoms with E-state index in [1.54, 1.807) is 30.3 Å². The smallest absolute Gasteiger partial charge is 0.256 e. The molecule has 0 aliphatic carbocycles. The van der Waals surface area contributed by atoms with Crippen molar-refractivity contribution in [2.75, 3.05) is 43.6 Å². The highest BCUT2D eigenvalue weighted by Gasteiger charge is 2.11. The standard InChI is InChI=1S/C21H24N6O/c1-27(2)13-12-23-21-24-18(15-6-4-3-5-7-15)14-19(26-21)25-20(28)16-8-10-17(22)11-9-16/h3-11,14H,12-13,22H2,1-2H3,(H2,23,24,25,26,28). The number of carbonyl (C=O) groups excluding carboxylic acids is 1. The number of hydrogen-bond acceptors (Lipinski definition) is 6. The van der Waals surface area contributed by atoms with Crippen molar-refractivity contribution >= 4 is 23.4 Å². The molecule has 144 valence electrons. The average Bonchev–Trinajstić information content (AvgIpc) is 2.68. The van der Waals surface area contributed by atoms with Crippen LogP contribution < -0.4 is 16.4 Å². The molecule has 0 aliphatic heterocycles. The number of rotatable bonds is 7. The summed E-state index contributed by atoms with van der Waals surface area (Å²) in [5, 5.41) is 6.06. The number of benzene rings is 2. The lowest BCUT2D eigenvalue weighted by Gasteiger charge is -2.13. The third-order valence-corrected chi connectivity index (χ3v) is 4.05. The van der Waals surface area contributed by atoms with Gasteiger partial charge < -0.3 is 21.3 Å². The van der Waals surface area contributed by atoms with Gasteiger partial charge in [-0.1, -0.05) is 30.3 Å². The van der Waals surface area contributed by atoms with Gasteiger partial charge in [0.25, 0.3) is 5.91 Å². The number of carbonyl (C=O) groups is 1. The Kier molecular flexibility index (Phi) is 6.18. The molecule has 7 heteroatoms. The normalized spacial score (nSPS) is 10.7. The summed E-state index contributed by atoms with van der Waals surface area (Å²) >= 11 is 0. The number of nitrogens with zero attached hydrogens (tertiary/aromatic N) is 3. The number of amides is 1. The summed E-state index contributed by atoms with van der Waals surface area (Å²) in [6, 6.07) is 18.3. The second-order valence-electron chi connectivity index (χ2n) is 6.63. The topological polar surface area (TPSA) is 96.2 Å². The fraction of sp³-hybridized carbons (Fsp3) is 0.190. The Labute approximate surface area is 164 Å². The zero-order valence-corrected chi connectivity index (χ0v) is 16.0. The summed E-state index contributed by atoms with van der Waals surface area (Å²) in [6.45, 7) is 1.53. The first-order valence-corrected chi connectivity index (χ1v) is 9.01. The highest BCUT2D eigenvalue weighted by Crippen LogP contribution is 2.21. The lowest BCUT2D eigenvalue weighted by Crippen LogP contribution is -2.22. The molecule has 0 atom stereocenters. The van der Waals surface area contributed by atoms with Crippen LogP contribution >= 0.6 is 0 Å². The summed E-state index contributed by atoms with van der Waals surface area (Å²) < 4.78 is 0. The third-order valence-electron chi connectivity index (χ3n) is 4.05. The first kappa shape index (κ1) is 19.3. The monoisotopic (exact) mass is 376 g/mol. The molecule has 0 bridgehead atoms. The summed E-state index contributed by atoms with van der Waals surface area (Å²) in [7, 11) is 4.00. The van der Waals surface area contributed by atoms with Crippen molar-refractivity contribution in [1.29, 1.82) is 0 Å². The number of nitrogens with two attached hydrogens (primary N) is 1. The summed E-state index contributed by atoms with van der Waals surface area (Å²) in [6.07, 6.45) is 0. The zero-order chi connectivity index (χ0) is 19.9. The van der Waals surface area contributed by atoms with Gasteiger partial charge in [0.2, 0.25) is 5.95 Å². The lowest BCUT2D eigenvalue weighted by atomic mass is 10.1. The average molecular weight is 376 g/mol. The highest BCUT2D eigenvalue weighted by atomic mass is 16.1. The first-order valence-electron chi connectivity index (χ1n) is 9.01. The van der Waals surface area contributed by atoms with Crippen LogP contribution in [0.15, 0.2) is 60.7 Å². The first-order chi connectivity index (χ1) is 13.5. The lowest BCUT2D eigenvalue weighted by molar-refractivity contribution is 0.102. The summed E-state index contributed by atoms with van der Waals surface area (Å²) in [4.78, 5) is 23.6. The number of likely N-dealkylation sites (N-methyl/N-ethyl adjacent to an activating group) is 1. The number of hydrogen-bond donors (Lipinski definition) is 3. The van der Waals surface area contributed by atoms with Gasteiger partial charge >= 0.3 is 0 Å². The van der Waals surface area contributed by atoms with Crippen LogP contribution in [-0.4, -0.2) is 48.0 Å². The Morgan fingerprint density at radius 2 is 1.75 bits per heavy atom. The molecule has 3 rings (SSSR count). The van der Waals surface area contributed by atoms with E-state index in [-0.39, 0.29) is 5.91 Å². The Bertz CT molecular complexity index is 925. The molecule has 0 spiro atoms. The molecule has 2 aromatic carbocycles. The van der Waals surface area contributed by atoms with Crippen LogP contribution in [0.3, 0.4) is 0 Å². The van der Waals surface area contributed by atoms with E-state index >= 15 is 0 Å². The quantitative estimate of drug-likeness (QED) is 0.549. The van der Waals surface area contributed by atoms with Crippen LogP contribution in [0.5, 0.6) is 0 Å². The van der Waals surface area contributed by atoms with Crippen molar-refractivity contribution in [1.82, 2.24) is 14.9 Å². The molecule has 0 radical (unpaired) electrons. The SMILES string of the molecule is CN(C)CCNc1nc(NC(=O)c2ccc(N)cc2)cc(-c2ccccc2)n1. The van der Waals surface area contributed by atoms with E-state index in [0.717, 1.165) is 17.8 Å². The van der Waals surface area contributed by atoms with Crippen molar-refractivity contribution in [3.8, 4) is 11.3 Å². The van der Waals surface area contributed by atoms with E-state index in [0.29, 0.717) is 29.6 Å². The van der Waals surface area contributed by atoms with E-state index in [1.165, 1.54) is 0 Å². The van der Waals surface area contributed by atoms with Gasteiger partial charge in [-0.25, -0.2) is 4.98 Å². The molecule has 3 aromatic rings. The molecular formula is C21H24N6O. The molecule has 1 aromatic heterocycles. The predicted octanol–water partition coefficient (Wildman–Crippen LogP) is 2.95. The summed E-state index contributed by atoms with van der Waals surface area (Å²) in [5.41, 5.74) is 8.49. The molecule has 0 fully saturated rings.